The normalized spacial score (nSPS) is 10.3. The van der Waals surface area contributed by atoms with Gasteiger partial charge < -0.3 is 20.1 Å². The van der Waals surface area contributed by atoms with E-state index >= 15 is 0 Å². The summed E-state index contributed by atoms with van der Waals surface area (Å²) in [6.45, 7) is 2.61. The van der Waals surface area contributed by atoms with E-state index in [4.69, 9.17) is 9.47 Å². The van der Waals surface area contributed by atoms with Gasteiger partial charge in [-0.15, -0.1) is 5.10 Å². The minimum absolute atomic E-state index is 0.436. The van der Waals surface area contributed by atoms with E-state index in [2.05, 4.69) is 25.8 Å². The zero-order valence-corrected chi connectivity index (χ0v) is 15.0. The quantitative estimate of drug-likeness (QED) is 0.673. The molecule has 0 saturated carbocycles. The molecule has 7 nitrogen and oxygen atoms in total. The molecule has 2 aromatic carbocycles. The number of aromatic nitrogens is 3. The van der Waals surface area contributed by atoms with Crippen LogP contribution in [-0.2, 0) is 6.54 Å². The second-order valence-corrected chi connectivity index (χ2v) is 5.70. The summed E-state index contributed by atoms with van der Waals surface area (Å²) in [5, 5.41) is 14.4. The average molecular weight is 351 g/mol. The number of hydrogen-bond acceptors (Lipinski definition) is 7. The van der Waals surface area contributed by atoms with Crippen molar-refractivity contribution >= 4 is 17.5 Å². The van der Waals surface area contributed by atoms with E-state index in [9.17, 15) is 0 Å². The zero-order valence-electron chi connectivity index (χ0n) is 15.0. The van der Waals surface area contributed by atoms with Gasteiger partial charge in [0.05, 0.1) is 20.4 Å². The van der Waals surface area contributed by atoms with Gasteiger partial charge in [-0.25, -0.2) is 0 Å². The van der Waals surface area contributed by atoms with E-state index in [-0.39, 0.29) is 0 Å². The molecule has 7 heteroatoms. The summed E-state index contributed by atoms with van der Waals surface area (Å²) in [5.41, 5.74) is 3.14. The van der Waals surface area contributed by atoms with Crippen molar-refractivity contribution in [1.29, 1.82) is 0 Å². The number of hydrogen-bond donors (Lipinski definition) is 2. The van der Waals surface area contributed by atoms with Crippen molar-refractivity contribution in [3.05, 3.63) is 59.8 Å². The summed E-state index contributed by atoms with van der Waals surface area (Å²) < 4.78 is 10.6. The lowest BCUT2D eigenvalue weighted by molar-refractivity contribution is 0.354. The van der Waals surface area contributed by atoms with Gasteiger partial charge in [0, 0.05) is 12.2 Å². The highest BCUT2D eigenvalue weighted by molar-refractivity contribution is 5.54. The highest BCUT2D eigenvalue weighted by Gasteiger charge is 2.06. The van der Waals surface area contributed by atoms with Crippen LogP contribution in [0.4, 0.5) is 17.5 Å². The van der Waals surface area contributed by atoms with Crippen LogP contribution < -0.4 is 20.1 Å². The maximum absolute atomic E-state index is 5.32. The average Bonchev–Trinajstić information content (AvgIpc) is 2.68. The van der Waals surface area contributed by atoms with E-state index in [0.29, 0.717) is 29.8 Å². The second-order valence-electron chi connectivity index (χ2n) is 5.70. The Kier molecular flexibility index (Phi) is 5.48. The first-order valence-electron chi connectivity index (χ1n) is 8.16. The van der Waals surface area contributed by atoms with Crippen molar-refractivity contribution < 1.29 is 9.47 Å². The van der Waals surface area contributed by atoms with Crippen LogP contribution >= 0.6 is 0 Å². The first kappa shape index (κ1) is 17.5. The molecule has 0 spiro atoms. The van der Waals surface area contributed by atoms with Crippen LogP contribution in [-0.4, -0.2) is 29.4 Å². The predicted octanol–water partition coefficient (Wildman–Crippen LogP) is 3.55. The maximum atomic E-state index is 5.32. The van der Waals surface area contributed by atoms with Gasteiger partial charge in [0.15, 0.2) is 17.3 Å². The van der Waals surface area contributed by atoms with Crippen LogP contribution in [0.2, 0.25) is 0 Å². The summed E-state index contributed by atoms with van der Waals surface area (Å²) in [6.07, 6.45) is 1.58. The number of benzene rings is 2. The highest BCUT2D eigenvalue weighted by Crippen LogP contribution is 2.27. The number of aryl methyl sites for hydroxylation is 1. The highest BCUT2D eigenvalue weighted by atomic mass is 16.5. The smallest absolute Gasteiger partial charge is 0.249 e. The minimum atomic E-state index is 0.436. The lowest BCUT2D eigenvalue weighted by Crippen LogP contribution is -2.06. The SMILES string of the molecule is COc1ccc(CNc2cnnc(Nc3ccc(C)cc3)n2)cc1OC. The molecule has 0 aliphatic carbocycles. The molecule has 0 atom stereocenters. The predicted molar refractivity (Wildman–Crippen MR) is 101 cm³/mol. The number of anilines is 3. The molecule has 3 aromatic rings. The molecule has 26 heavy (non-hydrogen) atoms. The van der Waals surface area contributed by atoms with Gasteiger partial charge in [0.1, 0.15) is 0 Å². The van der Waals surface area contributed by atoms with Gasteiger partial charge in [-0.05, 0) is 36.8 Å². The zero-order chi connectivity index (χ0) is 18.4. The molecule has 1 heterocycles. The molecule has 0 fully saturated rings. The molecule has 1 aromatic heterocycles. The monoisotopic (exact) mass is 351 g/mol. The number of rotatable bonds is 7. The van der Waals surface area contributed by atoms with Crippen molar-refractivity contribution in [2.45, 2.75) is 13.5 Å². The lowest BCUT2D eigenvalue weighted by Gasteiger charge is -2.11. The van der Waals surface area contributed by atoms with E-state index in [1.54, 1.807) is 20.4 Å². The van der Waals surface area contributed by atoms with E-state index in [0.717, 1.165) is 11.3 Å². The number of nitrogens with one attached hydrogen (secondary N) is 2. The first-order chi connectivity index (χ1) is 12.7. The summed E-state index contributed by atoms with van der Waals surface area (Å²) in [5.74, 6) is 2.45. The molecule has 3 rings (SSSR count). The molecule has 0 amide bonds. The van der Waals surface area contributed by atoms with E-state index < -0.39 is 0 Å². The third-order valence-electron chi connectivity index (χ3n) is 3.79. The van der Waals surface area contributed by atoms with Gasteiger partial charge in [0.2, 0.25) is 5.95 Å². The van der Waals surface area contributed by atoms with Crippen LogP contribution in [0.1, 0.15) is 11.1 Å². The Balaban J connectivity index is 1.66. The molecule has 0 saturated heterocycles. The third kappa shape index (κ3) is 4.38. The standard InChI is InChI=1S/C19H21N5O2/c1-13-4-7-15(8-5-13)22-19-23-18(12-21-24-19)20-11-14-6-9-16(25-2)17(10-14)26-3/h4-10,12H,11H2,1-3H3,(H2,20,22,23,24). The van der Waals surface area contributed by atoms with Gasteiger partial charge in [-0.1, -0.05) is 23.8 Å². The Hall–Kier alpha value is -3.35. The van der Waals surface area contributed by atoms with Crippen LogP contribution in [0.15, 0.2) is 48.7 Å². The van der Waals surface area contributed by atoms with Crippen LogP contribution in [0, 0.1) is 6.92 Å². The molecule has 2 N–H and O–H groups in total. The summed E-state index contributed by atoms with van der Waals surface area (Å²) in [4.78, 5) is 4.43. The molecule has 0 aliphatic heterocycles. The first-order valence-corrected chi connectivity index (χ1v) is 8.16. The number of methoxy groups -OCH3 is 2. The van der Waals surface area contributed by atoms with E-state index in [1.165, 1.54) is 5.56 Å². The number of ether oxygens (including phenoxy) is 2. The summed E-state index contributed by atoms with van der Waals surface area (Å²) in [6, 6.07) is 13.8. The third-order valence-corrected chi connectivity index (χ3v) is 3.79. The van der Waals surface area contributed by atoms with Crippen LogP contribution in [0.3, 0.4) is 0 Å². The second kappa shape index (κ2) is 8.15. The van der Waals surface area contributed by atoms with Crippen LogP contribution in [0.25, 0.3) is 0 Å². The van der Waals surface area contributed by atoms with Crippen molar-refractivity contribution in [1.82, 2.24) is 15.2 Å². The molecule has 0 radical (unpaired) electrons. The molecule has 134 valence electrons. The van der Waals surface area contributed by atoms with Crippen molar-refractivity contribution in [3.63, 3.8) is 0 Å². The molecule has 0 aliphatic rings. The van der Waals surface area contributed by atoms with Gasteiger partial charge in [-0.2, -0.15) is 10.1 Å². The van der Waals surface area contributed by atoms with Crippen molar-refractivity contribution in [3.8, 4) is 11.5 Å². The van der Waals surface area contributed by atoms with Crippen molar-refractivity contribution in [2.24, 2.45) is 0 Å². The molecule has 0 unspecified atom stereocenters. The van der Waals surface area contributed by atoms with Gasteiger partial charge in [0.25, 0.3) is 0 Å². The lowest BCUT2D eigenvalue weighted by atomic mass is 10.2. The molecule has 0 bridgehead atoms. The Labute approximate surface area is 152 Å². The van der Waals surface area contributed by atoms with Gasteiger partial charge >= 0.3 is 0 Å². The largest absolute Gasteiger partial charge is 0.493 e. The van der Waals surface area contributed by atoms with Gasteiger partial charge in [-0.3, -0.25) is 0 Å². The molecular weight excluding hydrogens is 330 g/mol. The fourth-order valence-corrected chi connectivity index (χ4v) is 2.39. The van der Waals surface area contributed by atoms with E-state index in [1.807, 2.05) is 49.4 Å². The summed E-state index contributed by atoms with van der Waals surface area (Å²) >= 11 is 0. The Morgan fingerprint density at radius 3 is 2.46 bits per heavy atom. The van der Waals surface area contributed by atoms with Crippen molar-refractivity contribution in [2.75, 3.05) is 24.9 Å². The maximum Gasteiger partial charge on any atom is 0.249 e. The fraction of sp³-hybridized carbons (Fsp3) is 0.211. The Bertz CT molecular complexity index is 868. The Morgan fingerprint density at radius 2 is 1.73 bits per heavy atom. The van der Waals surface area contributed by atoms with Crippen LogP contribution in [0.5, 0.6) is 11.5 Å². The topological polar surface area (TPSA) is 81.2 Å². The summed E-state index contributed by atoms with van der Waals surface area (Å²) in [7, 11) is 3.23. The number of nitrogens with zero attached hydrogens (tertiary/aromatic N) is 3. The minimum Gasteiger partial charge on any atom is -0.493 e. The fourth-order valence-electron chi connectivity index (χ4n) is 2.39. The molecular formula is C19H21N5O2. The Morgan fingerprint density at radius 1 is 0.962 bits per heavy atom.